The van der Waals surface area contributed by atoms with Crippen LogP contribution in [-0.4, -0.2) is 53.5 Å². The Balaban J connectivity index is 1.85. The molecule has 1 fully saturated rings. The van der Waals surface area contributed by atoms with Crippen molar-refractivity contribution >= 4 is 17.4 Å². The van der Waals surface area contributed by atoms with E-state index in [0.717, 1.165) is 54.1 Å². The van der Waals surface area contributed by atoms with Gasteiger partial charge in [0.1, 0.15) is 5.75 Å². The number of anilines is 1. The average Bonchev–Trinajstić information content (AvgIpc) is 2.79. The molecule has 1 saturated heterocycles. The maximum atomic E-state index is 11.7. The number of carboxylic acid groups (broad SMARTS) is 1. The molecule has 0 bridgehead atoms. The van der Waals surface area contributed by atoms with Crippen LogP contribution in [0.1, 0.15) is 44.4 Å². The number of aromatic nitrogens is 2. The second-order valence-corrected chi connectivity index (χ2v) is 9.43. The molecule has 0 saturated carbocycles. The minimum Gasteiger partial charge on any atom is -0.492 e. The normalized spacial score (nSPS) is 15.4. The molecular weight excluding hydrogens is 430 g/mol. The van der Waals surface area contributed by atoms with Crippen molar-refractivity contribution in [3.8, 4) is 17.0 Å². The number of nitrogens with zero attached hydrogens (tertiary/aromatic N) is 3. The number of allylic oxidation sites excluding steroid dienone is 1. The first-order valence-corrected chi connectivity index (χ1v) is 11.7. The molecule has 0 spiro atoms. The van der Waals surface area contributed by atoms with E-state index in [4.69, 9.17) is 10.1 Å². The number of ether oxygens (including phenoxy) is 1. The van der Waals surface area contributed by atoms with E-state index in [0.29, 0.717) is 24.5 Å². The number of pyridine rings is 2. The summed E-state index contributed by atoms with van der Waals surface area (Å²) in [5, 5.41) is 20.3. The number of hydrogen-bond donors (Lipinski definition) is 3. The van der Waals surface area contributed by atoms with Crippen LogP contribution in [0.3, 0.4) is 0 Å². The molecule has 0 unspecified atom stereocenters. The van der Waals surface area contributed by atoms with Crippen LogP contribution in [0.4, 0.5) is 5.69 Å². The summed E-state index contributed by atoms with van der Waals surface area (Å²) in [6.07, 6.45) is 9.39. The topological polar surface area (TPSA) is 111 Å². The first-order chi connectivity index (χ1) is 16.2. The number of hydrogen-bond acceptors (Lipinski definition) is 7. The molecule has 182 valence electrons. The van der Waals surface area contributed by atoms with Crippen molar-refractivity contribution in [2.75, 3.05) is 31.6 Å². The fraction of sp³-hybridized carbons (Fsp3) is 0.462. The van der Waals surface area contributed by atoms with E-state index in [-0.39, 0.29) is 11.8 Å². The first-order valence-electron chi connectivity index (χ1n) is 11.7. The maximum absolute atomic E-state index is 11.7. The Kier molecular flexibility index (Phi) is 8.26. The molecular formula is C26H35N5O3. The van der Waals surface area contributed by atoms with E-state index >= 15 is 0 Å². The Morgan fingerprint density at radius 3 is 2.62 bits per heavy atom. The number of carboxylic acids is 1. The Morgan fingerprint density at radius 1 is 1.26 bits per heavy atom. The molecule has 8 heteroatoms. The molecule has 34 heavy (non-hydrogen) atoms. The molecule has 3 N–H and O–H groups in total. The van der Waals surface area contributed by atoms with Gasteiger partial charge in [0.05, 0.1) is 30.6 Å². The van der Waals surface area contributed by atoms with E-state index in [1.54, 1.807) is 31.7 Å². The van der Waals surface area contributed by atoms with Gasteiger partial charge in [0, 0.05) is 55.3 Å². The van der Waals surface area contributed by atoms with Gasteiger partial charge in [-0.05, 0) is 49.6 Å². The Labute approximate surface area is 201 Å². The third kappa shape index (κ3) is 6.56. The van der Waals surface area contributed by atoms with Gasteiger partial charge in [-0.15, -0.1) is 0 Å². The molecule has 1 aliphatic rings. The summed E-state index contributed by atoms with van der Waals surface area (Å²) in [6, 6.07) is 3.74. The number of nitrogens with one attached hydrogen (secondary N) is 2. The average molecular weight is 466 g/mol. The van der Waals surface area contributed by atoms with Crippen LogP contribution in [0.2, 0.25) is 0 Å². The fourth-order valence-corrected chi connectivity index (χ4v) is 4.05. The van der Waals surface area contributed by atoms with Crippen LogP contribution in [0.5, 0.6) is 5.75 Å². The molecule has 3 rings (SSSR count). The lowest BCUT2D eigenvalue weighted by molar-refractivity contribution is -0.136. The number of piperidine rings is 1. The monoisotopic (exact) mass is 465 g/mol. The standard InChI is InChI=1S/C26H35N5O3/c1-18-21(15-24(32)33)25(31-12-9-26(2,3)10-13-31)22(17-29-18)23-6-5-20(16-30-23)34-14-8-19(27)7-11-28-4/h5-7,11,16-17,27-28H,8-10,12-15H2,1-4H3,(H,32,33)/b11-7-,27-19?. The largest absolute Gasteiger partial charge is 0.492 e. The van der Waals surface area contributed by atoms with Crippen LogP contribution in [0.25, 0.3) is 11.3 Å². The highest BCUT2D eigenvalue weighted by Gasteiger charge is 2.29. The van der Waals surface area contributed by atoms with Gasteiger partial charge in [0.25, 0.3) is 0 Å². The highest BCUT2D eigenvalue weighted by Crippen LogP contribution is 2.39. The molecule has 0 aromatic carbocycles. The van der Waals surface area contributed by atoms with Crippen molar-refractivity contribution in [1.82, 2.24) is 15.3 Å². The number of carbonyl (C=O) groups is 1. The minimum absolute atomic E-state index is 0.0724. The number of aryl methyl sites for hydroxylation is 1. The van der Waals surface area contributed by atoms with Crippen molar-refractivity contribution in [1.29, 1.82) is 5.41 Å². The maximum Gasteiger partial charge on any atom is 0.307 e. The van der Waals surface area contributed by atoms with Crippen molar-refractivity contribution in [3.05, 3.63) is 48.1 Å². The summed E-state index contributed by atoms with van der Waals surface area (Å²) < 4.78 is 5.75. The molecule has 1 aliphatic heterocycles. The van der Waals surface area contributed by atoms with Crippen LogP contribution < -0.4 is 15.0 Å². The van der Waals surface area contributed by atoms with Gasteiger partial charge in [-0.3, -0.25) is 14.8 Å². The summed E-state index contributed by atoms with van der Waals surface area (Å²) >= 11 is 0. The zero-order chi connectivity index (χ0) is 24.7. The summed E-state index contributed by atoms with van der Waals surface area (Å²) in [5.74, 6) is -0.242. The summed E-state index contributed by atoms with van der Waals surface area (Å²) in [5.41, 5.74) is 4.74. The molecule has 0 radical (unpaired) electrons. The molecule has 2 aromatic heterocycles. The summed E-state index contributed by atoms with van der Waals surface area (Å²) in [4.78, 5) is 23.1. The summed E-state index contributed by atoms with van der Waals surface area (Å²) in [7, 11) is 1.79. The summed E-state index contributed by atoms with van der Waals surface area (Å²) in [6.45, 7) is 8.54. The van der Waals surface area contributed by atoms with Crippen LogP contribution in [0.15, 0.2) is 36.8 Å². The highest BCUT2D eigenvalue weighted by atomic mass is 16.5. The zero-order valence-electron chi connectivity index (χ0n) is 20.5. The molecule has 3 heterocycles. The lowest BCUT2D eigenvalue weighted by atomic mass is 9.82. The first kappa shape index (κ1) is 25.2. The van der Waals surface area contributed by atoms with Gasteiger partial charge in [0.15, 0.2) is 0 Å². The molecule has 0 atom stereocenters. The third-order valence-electron chi connectivity index (χ3n) is 6.23. The smallest absolute Gasteiger partial charge is 0.307 e. The molecule has 0 aliphatic carbocycles. The van der Waals surface area contributed by atoms with Crippen molar-refractivity contribution < 1.29 is 14.6 Å². The van der Waals surface area contributed by atoms with E-state index in [1.807, 2.05) is 19.1 Å². The molecule has 0 amide bonds. The van der Waals surface area contributed by atoms with Crippen LogP contribution >= 0.6 is 0 Å². The highest BCUT2D eigenvalue weighted by molar-refractivity contribution is 5.92. The van der Waals surface area contributed by atoms with Crippen LogP contribution in [0, 0.1) is 17.7 Å². The SMILES string of the molecule is CN/C=C\C(=N)CCOc1ccc(-c2cnc(C)c(CC(=O)O)c2N2CCC(C)(C)CC2)nc1. The van der Waals surface area contributed by atoms with Gasteiger partial charge >= 0.3 is 5.97 Å². The predicted octanol–water partition coefficient (Wildman–Crippen LogP) is 4.23. The lowest BCUT2D eigenvalue weighted by Crippen LogP contribution is -2.38. The second kappa shape index (κ2) is 11.1. The number of rotatable bonds is 10. The number of aliphatic carboxylic acids is 1. The predicted molar refractivity (Wildman–Crippen MR) is 135 cm³/mol. The van der Waals surface area contributed by atoms with Gasteiger partial charge in [-0.2, -0.15) is 0 Å². The van der Waals surface area contributed by atoms with Crippen molar-refractivity contribution in [2.24, 2.45) is 5.41 Å². The van der Waals surface area contributed by atoms with Crippen molar-refractivity contribution in [2.45, 2.75) is 46.5 Å². The minimum atomic E-state index is -0.868. The Morgan fingerprint density at radius 2 is 2.00 bits per heavy atom. The zero-order valence-corrected chi connectivity index (χ0v) is 20.5. The Hall–Kier alpha value is -3.42. The van der Waals surface area contributed by atoms with Gasteiger partial charge in [0.2, 0.25) is 0 Å². The van der Waals surface area contributed by atoms with E-state index in [1.165, 1.54) is 0 Å². The van der Waals surface area contributed by atoms with Crippen LogP contribution in [-0.2, 0) is 11.2 Å². The van der Waals surface area contributed by atoms with E-state index in [9.17, 15) is 9.90 Å². The Bertz CT molecular complexity index is 1040. The third-order valence-corrected chi connectivity index (χ3v) is 6.23. The van der Waals surface area contributed by atoms with E-state index in [2.05, 4.69) is 34.0 Å². The van der Waals surface area contributed by atoms with Gasteiger partial charge in [-0.25, -0.2) is 0 Å². The van der Waals surface area contributed by atoms with Gasteiger partial charge < -0.3 is 25.5 Å². The van der Waals surface area contributed by atoms with Crippen molar-refractivity contribution in [3.63, 3.8) is 0 Å². The molecule has 2 aromatic rings. The lowest BCUT2D eigenvalue weighted by Gasteiger charge is -2.40. The fourth-order valence-electron chi connectivity index (χ4n) is 4.05. The molecule has 8 nitrogen and oxygen atoms in total. The quantitative estimate of drug-likeness (QED) is 0.450. The van der Waals surface area contributed by atoms with E-state index < -0.39 is 5.97 Å². The second-order valence-electron chi connectivity index (χ2n) is 9.43. The van der Waals surface area contributed by atoms with Gasteiger partial charge in [-0.1, -0.05) is 13.8 Å².